The molecule has 0 saturated heterocycles. The first-order valence-corrected chi connectivity index (χ1v) is 8.50. The van der Waals surface area contributed by atoms with Crippen molar-refractivity contribution in [1.29, 1.82) is 0 Å². The summed E-state index contributed by atoms with van der Waals surface area (Å²) in [6.45, 7) is 0. The second kappa shape index (κ2) is 6.63. The van der Waals surface area contributed by atoms with E-state index in [0.717, 1.165) is 11.8 Å². The number of carbonyl (C=O) groups is 2. The molecule has 0 saturated carbocycles. The lowest BCUT2D eigenvalue weighted by Gasteiger charge is -2.30. The minimum Gasteiger partial charge on any atom is -0.325 e. The Morgan fingerprint density at radius 2 is 1.96 bits per heavy atom. The van der Waals surface area contributed by atoms with Gasteiger partial charge in [-0.15, -0.1) is 11.8 Å². The molecule has 1 heterocycles. The number of anilines is 2. The number of carbonyl (C=O) groups excluding carboxylic acids is 2. The van der Waals surface area contributed by atoms with Crippen LogP contribution in [0.1, 0.15) is 0 Å². The van der Waals surface area contributed by atoms with E-state index in [0.29, 0.717) is 26.3 Å². The lowest BCUT2D eigenvalue weighted by atomic mass is 10.2. The summed E-state index contributed by atoms with van der Waals surface area (Å²) in [5, 5.41) is 2.27. The highest BCUT2D eigenvalue weighted by Crippen LogP contribution is 2.39. The van der Waals surface area contributed by atoms with Gasteiger partial charge in [0, 0.05) is 17.6 Å². The maximum absolute atomic E-state index is 13.4. The SMILES string of the molecule is CN1C(=O)C(C(=O)Nc2ccc(Cl)c(Cl)c2)Sc2cc(F)ccc21. The summed E-state index contributed by atoms with van der Waals surface area (Å²) >= 11 is 12.8. The third-order valence-electron chi connectivity index (χ3n) is 3.51. The van der Waals surface area contributed by atoms with Crippen LogP contribution in [0.3, 0.4) is 0 Å². The van der Waals surface area contributed by atoms with Gasteiger partial charge in [0.15, 0.2) is 5.25 Å². The van der Waals surface area contributed by atoms with E-state index in [1.54, 1.807) is 19.2 Å². The van der Waals surface area contributed by atoms with Crippen LogP contribution in [-0.2, 0) is 9.59 Å². The van der Waals surface area contributed by atoms with Crippen molar-refractivity contribution < 1.29 is 14.0 Å². The van der Waals surface area contributed by atoms with Gasteiger partial charge in [0.1, 0.15) is 5.82 Å². The Morgan fingerprint density at radius 3 is 2.67 bits per heavy atom. The standard InChI is InChI=1S/C16H11Cl2FN2O2S/c1-21-12-5-2-8(19)6-13(12)24-14(16(21)23)15(22)20-9-3-4-10(17)11(18)7-9/h2-7,14H,1H3,(H,20,22). The topological polar surface area (TPSA) is 49.4 Å². The minimum absolute atomic E-state index is 0.293. The van der Waals surface area contributed by atoms with Gasteiger partial charge in [-0.05, 0) is 36.4 Å². The van der Waals surface area contributed by atoms with Crippen LogP contribution in [0.4, 0.5) is 15.8 Å². The van der Waals surface area contributed by atoms with E-state index in [1.165, 1.54) is 29.2 Å². The predicted octanol–water partition coefficient (Wildman–Crippen LogP) is 4.21. The number of nitrogens with one attached hydrogen (secondary N) is 1. The van der Waals surface area contributed by atoms with E-state index in [1.807, 2.05) is 0 Å². The molecule has 24 heavy (non-hydrogen) atoms. The zero-order valence-electron chi connectivity index (χ0n) is 12.3. The Balaban J connectivity index is 1.84. The highest BCUT2D eigenvalue weighted by Gasteiger charge is 2.36. The summed E-state index contributed by atoms with van der Waals surface area (Å²) in [7, 11) is 1.55. The zero-order valence-corrected chi connectivity index (χ0v) is 14.7. The molecule has 0 spiro atoms. The Bertz CT molecular complexity index is 847. The summed E-state index contributed by atoms with van der Waals surface area (Å²) in [6.07, 6.45) is 0. The van der Waals surface area contributed by atoms with Crippen LogP contribution in [0.15, 0.2) is 41.3 Å². The van der Waals surface area contributed by atoms with E-state index in [2.05, 4.69) is 5.32 Å². The first-order chi connectivity index (χ1) is 11.4. The molecule has 2 amide bonds. The van der Waals surface area contributed by atoms with Crippen LogP contribution >= 0.6 is 35.0 Å². The molecule has 0 fully saturated rings. The van der Waals surface area contributed by atoms with Gasteiger partial charge in [-0.25, -0.2) is 4.39 Å². The fourth-order valence-corrected chi connectivity index (χ4v) is 3.76. The van der Waals surface area contributed by atoms with E-state index in [-0.39, 0.29) is 5.91 Å². The first kappa shape index (κ1) is 17.1. The van der Waals surface area contributed by atoms with E-state index >= 15 is 0 Å². The molecule has 2 aromatic carbocycles. The molecule has 3 rings (SSSR count). The average Bonchev–Trinajstić information content (AvgIpc) is 2.54. The monoisotopic (exact) mass is 384 g/mol. The van der Waals surface area contributed by atoms with Gasteiger partial charge in [0.25, 0.3) is 0 Å². The van der Waals surface area contributed by atoms with Gasteiger partial charge < -0.3 is 10.2 Å². The smallest absolute Gasteiger partial charge is 0.249 e. The number of benzene rings is 2. The summed E-state index contributed by atoms with van der Waals surface area (Å²) < 4.78 is 13.4. The van der Waals surface area contributed by atoms with Crippen molar-refractivity contribution >= 4 is 58.2 Å². The quantitative estimate of drug-likeness (QED) is 0.788. The Labute approximate surface area is 151 Å². The molecule has 8 heteroatoms. The van der Waals surface area contributed by atoms with Crippen LogP contribution < -0.4 is 10.2 Å². The van der Waals surface area contributed by atoms with Gasteiger partial charge in [-0.2, -0.15) is 0 Å². The van der Waals surface area contributed by atoms with Crippen molar-refractivity contribution in [1.82, 2.24) is 0 Å². The molecule has 0 aromatic heterocycles. The molecule has 4 nitrogen and oxygen atoms in total. The second-order valence-corrected chi connectivity index (χ2v) is 7.09. The molecule has 0 bridgehead atoms. The Hall–Kier alpha value is -1.76. The fraction of sp³-hybridized carbons (Fsp3) is 0.125. The molecular formula is C16H11Cl2FN2O2S. The van der Waals surface area contributed by atoms with Crippen LogP contribution in [-0.4, -0.2) is 24.1 Å². The third kappa shape index (κ3) is 3.22. The second-order valence-electron chi connectivity index (χ2n) is 5.13. The van der Waals surface area contributed by atoms with Crippen molar-refractivity contribution in [2.75, 3.05) is 17.3 Å². The van der Waals surface area contributed by atoms with Gasteiger partial charge in [0.2, 0.25) is 11.8 Å². The zero-order chi connectivity index (χ0) is 17.4. The molecule has 0 radical (unpaired) electrons. The molecule has 1 aliphatic rings. The molecule has 1 aliphatic heterocycles. The van der Waals surface area contributed by atoms with Crippen LogP contribution in [0.2, 0.25) is 10.0 Å². The van der Waals surface area contributed by atoms with Crippen molar-refractivity contribution in [2.24, 2.45) is 0 Å². The van der Waals surface area contributed by atoms with Gasteiger partial charge >= 0.3 is 0 Å². The lowest BCUT2D eigenvalue weighted by molar-refractivity contribution is -0.124. The molecule has 124 valence electrons. The molecule has 1 atom stereocenters. The predicted molar refractivity (Wildman–Crippen MR) is 94.5 cm³/mol. The number of fused-ring (bicyclic) bond motifs is 1. The third-order valence-corrected chi connectivity index (χ3v) is 5.48. The minimum atomic E-state index is -1.02. The Kier molecular flexibility index (Phi) is 4.71. The van der Waals surface area contributed by atoms with Crippen molar-refractivity contribution in [3.63, 3.8) is 0 Å². The van der Waals surface area contributed by atoms with E-state index < -0.39 is 17.0 Å². The number of halogens is 3. The first-order valence-electron chi connectivity index (χ1n) is 6.86. The van der Waals surface area contributed by atoms with Crippen LogP contribution in [0.25, 0.3) is 0 Å². The average molecular weight is 385 g/mol. The van der Waals surface area contributed by atoms with Crippen molar-refractivity contribution in [3.05, 3.63) is 52.3 Å². The number of amides is 2. The lowest BCUT2D eigenvalue weighted by Crippen LogP contribution is -2.44. The summed E-state index contributed by atoms with van der Waals surface area (Å²) in [6, 6.07) is 8.73. The molecular weight excluding hydrogens is 374 g/mol. The largest absolute Gasteiger partial charge is 0.325 e. The number of nitrogens with zero attached hydrogens (tertiary/aromatic N) is 1. The normalized spacial score (nSPS) is 16.8. The van der Waals surface area contributed by atoms with Crippen molar-refractivity contribution in [2.45, 2.75) is 10.1 Å². The van der Waals surface area contributed by atoms with Gasteiger partial charge in [-0.3, -0.25) is 9.59 Å². The van der Waals surface area contributed by atoms with Gasteiger partial charge in [0.05, 0.1) is 15.7 Å². The molecule has 1 unspecified atom stereocenters. The fourth-order valence-electron chi connectivity index (χ4n) is 2.28. The number of thioether (sulfide) groups is 1. The molecule has 2 aromatic rings. The summed E-state index contributed by atoms with van der Waals surface area (Å²) in [5.74, 6) is -1.31. The van der Waals surface area contributed by atoms with Crippen LogP contribution in [0, 0.1) is 5.82 Å². The van der Waals surface area contributed by atoms with E-state index in [9.17, 15) is 14.0 Å². The molecule has 0 aliphatic carbocycles. The highest BCUT2D eigenvalue weighted by molar-refractivity contribution is 8.01. The number of hydrogen-bond donors (Lipinski definition) is 1. The van der Waals surface area contributed by atoms with Crippen molar-refractivity contribution in [3.8, 4) is 0 Å². The maximum atomic E-state index is 13.4. The van der Waals surface area contributed by atoms with Crippen LogP contribution in [0.5, 0.6) is 0 Å². The number of hydrogen-bond acceptors (Lipinski definition) is 3. The summed E-state index contributed by atoms with van der Waals surface area (Å²) in [5.41, 5.74) is 1.00. The van der Waals surface area contributed by atoms with E-state index in [4.69, 9.17) is 23.2 Å². The highest BCUT2D eigenvalue weighted by atomic mass is 35.5. The molecule has 1 N–H and O–H groups in total. The maximum Gasteiger partial charge on any atom is 0.249 e. The summed E-state index contributed by atoms with van der Waals surface area (Å²) in [4.78, 5) is 26.8. The van der Waals surface area contributed by atoms with Gasteiger partial charge in [-0.1, -0.05) is 23.2 Å². The number of rotatable bonds is 2. The Morgan fingerprint density at radius 1 is 1.21 bits per heavy atom.